The van der Waals surface area contributed by atoms with Crippen molar-refractivity contribution in [3.63, 3.8) is 0 Å². The van der Waals surface area contributed by atoms with E-state index >= 15 is 0 Å². The fourth-order valence-electron chi connectivity index (χ4n) is 2.11. The van der Waals surface area contributed by atoms with Crippen LogP contribution in [-0.4, -0.2) is 24.0 Å². The zero-order chi connectivity index (χ0) is 17.7. The number of alkyl halides is 3. The Morgan fingerprint density at radius 2 is 2.04 bits per heavy atom. The summed E-state index contributed by atoms with van der Waals surface area (Å²) in [4.78, 5) is 4.09. The van der Waals surface area contributed by atoms with Gasteiger partial charge in [-0.1, -0.05) is 17.3 Å². The molecule has 0 aliphatic heterocycles. The molecule has 0 spiro atoms. The predicted octanol–water partition coefficient (Wildman–Crippen LogP) is 3.16. The molecule has 1 aromatic heterocycles. The van der Waals surface area contributed by atoms with Crippen LogP contribution in [0.5, 0.6) is 5.75 Å². The summed E-state index contributed by atoms with van der Waals surface area (Å²) >= 11 is 0. The summed E-state index contributed by atoms with van der Waals surface area (Å²) in [6.45, 7) is 3.96. The highest BCUT2D eigenvalue weighted by Crippen LogP contribution is 2.29. The van der Waals surface area contributed by atoms with Gasteiger partial charge >= 0.3 is 6.36 Å². The van der Waals surface area contributed by atoms with Crippen molar-refractivity contribution in [2.45, 2.75) is 26.6 Å². The number of nitrogens with zero attached hydrogens (tertiary/aromatic N) is 2. The van der Waals surface area contributed by atoms with Crippen LogP contribution in [0.15, 0.2) is 33.8 Å². The van der Waals surface area contributed by atoms with E-state index in [1.165, 1.54) is 18.2 Å². The van der Waals surface area contributed by atoms with Gasteiger partial charge in [-0.15, -0.1) is 13.2 Å². The molecular formula is C15H17F3N4O2. The zero-order valence-electron chi connectivity index (χ0n) is 13.1. The summed E-state index contributed by atoms with van der Waals surface area (Å²) in [5.41, 5.74) is 7.51. The second-order valence-corrected chi connectivity index (χ2v) is 4.99. The third-order valence-corrected chi connectivity index (χ3v) is 3.20. The molecule has 130 valence electrons. The number of para-hydroxylation sites is 2. The van der Waals surface area contributed by atoms with Crippen LogP contribution >= 0.6 is 0 Å². The Balaban J connectivity index is 2.00. The molecule has 0 fully saturated rings. The minimum absolute atomic E-state index is 0.0139. The third-order valence-electron chi connectivity index (χ3n) is 3.20. The van der Waals surface area contributed by atoms with Gasteiger partial charge in [0, 0.05) is 12.1 Å². The molecule has 1 heterocycles. The van der Waals surface area contributed by atoms with E-state index in [9.17, 15) is 13.2 Å². The highest BCUT2D eigenvalue weighted by molar-refractivity contribution is 5.93. The van der Waals surface area contributed by atoms with Gasteiger partial charge in [0.1, 0.15) is 5.76 Å². The number of anilines is 1. The standard InChI is InChI=1S/C15H17F3N4O2/c1-9-11(10(2)24-22-9)7-8-20-14(19)21-12-5-3-4-6-13(12)23-15(16,17)18/h3-6H,7-8H2,1-2H3,(H3,19,20,21). The van der Waals surface area contributed by atoms with E-state index in [1.807, 2.05) is 6.92 Å². The number of halogens is 3. The molecule has 2 rings (SSSR count). The SMILES string of the molecule is Cc1noc(C)c1CCN=C(N)Nc1ccccc1OC(F)(F)F. The normalized spacial score (nSPS) is 12.3. The average molecular weight is 342 g/mol. The van der Waals surface area contributed by atoms with Gasteiger partial charge in [-0.25, -0.2) is 0 Å². The maximum Gasteiger partial charge on any atom is 0.573 e. The van der Waals surface area contributed by atoms with Gasteiger partial charge in [-0.2, -0.15) is 0 Å². The predicted molar refractivity (Wildman–Crippen MR) is 82.9 cm³/mol. The molecule has 9 heteroatoms. The van der Waals surface area contributed by atoms with Crippen molar-refractivity contribution >= 4 is 11.6 Å². The number of aromatic nitrogens is 1. The van der Waals surface area contributed by atoms with Crippen LogP contribution in [0.2, 0.25) is 0 Å². The average Bonchev–Trinajstić information content (AvgIpc) is 2.79. The van der Waals surface area contributed by atoms with E-state index in [1.54, 1.807) is 13.0 Å². The Labute approximate surface area is 136 Å². The molecule has 0 amide bonds. The van der Waals surface area contributed by atoms with E-state index in [2.05, 4.69) is 20.2 Å². The highest BCUT2D eigenvalue weighted by Gasteiger charge is 2.32. The van der Waals surface area contributed by atoms with Crippen LogP contribution in [0, 0.1) is 13.8 Å². The van der Waals surface area contributed by atoms with Crippen molar-refractivity contribution < 1.29 is 22.4 Å². The van der Waals surface area contributed by atoms with Crippen molar-refractivity contribution in [1.29, 1.82) is 0 Å². The van der Waals surface area contributed by atoms with E-state index in [0.29, 0.717) is 18.7 Å². The van der Waals surface area contributed by atoms with Crippen molar-refractivity contribution in [2.75, 3.05) is 11.9 Å². The maximum atomic E-state index is 12.4. The first kappa shape index (κ1) is 17.6. The van der Waals surface area contributed by atoms with Crippen LogP contribution in [-0.2, 0) is 6.42 Å². The number of nitrogens with one attached hydrogen (secondary N) is 1. The van der Waals surface area contributed by atoms with Gasteiger partial charge in [0.25, 0.3) is 0 Å². The van der Waals surface area contributed by atoms with Gasteiger partial charge in [-0.05, 0) is 32.4 Å². The Morgan fingerprint density at radius 3 is 2.67 bits per heavy atom. The monoisotopic (exact) mass is 342 g/mol. The molecule has 1 aromatic carbocycles. The minimum atomic E-state index is -4.78. The molecular weight excluding hydrogens is 325 g/mol. The number of hydrogen-bond acceptors (Lipinski definition) is 4. The first-order valence-corrected chi connectivity index (χ1v) is 7.09. The quantitative estimate of drug-likeness (QED) is 0.644. The van der Waals surface area contributed by atoms with Crippen molar-refractivity contribution in [2.24, 2.45) is 10.7 Å². The number of aliphatic imine (C=N–C) groups is 1. The number of ether oxygens (including phenoxy) is 1. The summed E-state index contributed by atoms with van der Waals surface area (Å²) in [6.07, 6.45) is -4.22. The van der Waals surface area contributed by atoms with Crippen LogP contribution in [0.1, 0.15) is 17.0 Å². The van der Waals surface area contributed by atoms with Crippen LogP contribution < -0.4 is 15.8 Å². The summed E-state index contributed by atoms with van der Waals surface area (Å²) in [7, 11) is 0. The second-order valence-electron chi connectivity index (χ2n) is 4.99. The van der Waals surface area contributed by atoms with E-state index in [0.717, 1.165) is 11.3 Å². The van der Waals surface area contributed by atoms with Gasteiger partial charge in [0.05, 0.1) is 11.4 Å². The number of hydrogen-bond donors (Lipinski definition) is 2. The van der Waals surface area contributed by atoms with Crippen LogP contribution in [0.25, 0.3) is 0 Å². The fraction of sp³-hybridized carbons (Fsp3) is 0.333. The summed E-state index contributed by atoms with van der Waals surface area (Å²) in [5, 5.41) is 6.44. The fourth-order valence-corrected chi connectivity index (χ4v) is 2.11. The third kappa shape index (κ3) is 4.90. The molecule has 0 aliphatic rings. The lowest BCUT2D eigenvalue weighted by Crippen LogP contribution is -2.25. The van der Waals surface area contributed by atoms with Crippen LogP contribution in [0.4, 0.5) is 18.9 Å². The smallest absolute Gasteiger partial charge is 0.404 e. The minimum Gasteiger partial charge on any atom is -0.404 e. The topological polar surface area (TPSA) is 85.7 Å². The number of aryl methyl sites for hydroxylation is 2. The lowest BCUT2D eigenvalue weighted by Gasteiger charge is -2.14. The van der Waals surface area contributed by atoms with Crippen molar-refractivity contribution in [1.82, 2.24) is 5.16 Å². The van der Waals surface area contributed by atoms with Gasteiger partial charge in [0.15, 0.2) is 11.7 Å². The molecule has 0 aliphatic carbocycles. The Hall–Kier alpha value is -2.71. The lowest BCUT2D eigenvalue weighted by atomic mass is 10.1. The largest absolute Gasteiger partial charge is 0.573 e. The number of benzene rings is 1. The molecule has 0 saturated heterocycles. The molecule has 0 atom stereocenters. The Kier molecular flexibility index (Phi) is 5.32. The second kappa shape index (κ2) is 7.24. The molecule has 0 bridgehead atoms. The number of guanidine groups is 1. The molecule has 3 N–H and O–H groups in total. The molecule has 24 heavy (non-hydrogen) atoms. The summed E-state index contributed by atoms with van der Waals surface area (Å²) in [5.74, 6) is 0.312. The highest BCUT2D eigenvalue weighted by atomic mass is 19.4. The maximum absolute atomic E-state index is 12.4. The molecule has 0 radical (unpaired) electrons. The zero-order valence-corrected chi connectivity index (χ0v) is 13.1. The molecule has 2 aromatic rings. The lowest BCUT2D eigenvalue weighted by molar-refractivity contribution is -0.274. The van der Waals surface area contributed by atoms with Gasteiger partial charge < -0.3 is 20.3 Å². The Morgan fingerprint density at radius 1 is 1.33 bits per heavy atom. The number of nitrogens with two attached hydrogens (primary N) is 1. The summed E-state index contributed by atoms with van der Waals surface area (Å²) in [6, 6.07) is 5.59. The van der Waals surface area contributed by atoms with E-state index in [4.69, 9.17) is 10.3 Å². The van der Waals surface area contributed by atoms with Crippen molar-refractivity contribution in [3.05, 3.63) is 41.3 Å². The first-order chi connectivity index (χ1) is 11.3. The number of rotatable bonds is 5. The van der Waals surface area contributed by atoms with Gasteiger partial charge in [0.2, 0.25) is 0 Å². The van der Waals surface area contributed by atoms with E-state index in [-0.39, 0.29) is 17.4 Å². The first-order valence-electron chi connectivity index (χ1n) is 7.09. The van der Waals surface area contributed by atoms with E-state index < -0.39 is 6.36 Å². The Bertz CT molecular complexity index is 706. The van der Waals surface area contributed by atoms with Crippen LogP contribution in [0.3, 0.4) is 0 Å². The van der Waals surface area contributed by atoms with Gasteiger partial charge in [-0.3, -0.25) is 4.99 Å². The summed E-state index contributed by atoms with van der Waals surface area (Å²) < 4.78 is 46.1. The van der Waals surface area contributed by atoms with Crippen molar-refractivity contribution in [3.8, 4) is 5.75 Å². The molecule has 0 saturated carbocycles. The molecule has 0 unspecified atom stereocenters. The molecule has 6 nitrogen and oxygen atoms in total.